The van der Waals surface area contributed by atoms with Gasteiger partial charge in [-0.1, -0.05) is 78.9 Å². The molecule has 0 fully saturated rings. The predicted octanol–water partition coefficient (Wildman–Crippen LogP) is 9.11. The molecule has 0 aliphatic rings. The van der Waals surface area contributed by atoms with Crippen molar-refractivity contribution in [3.8, 4) is 11.1 Å². The Morgan fingerprint density at radius 1 is 0.559 bits per heavy atom. The van der Waals surface area contributed by atoms with E-state index in [0.717, 1.165) is 11.4 Å². The van der Waals surface area contributed by atoms with Crippen molar-refractivity contribution in [3.05, 3.63) is 109 Å². The number of anilines is 2. The Bertz CT molecular complexity index is 1650. The Balaban J connectivity index is 1.47. The number of aromatic nitrogens is 1. The lowest BCUT2D eigenvalue weighted by molar-refractivity contribution is 0.423. The summed E-state index contributed by atoms with van der Waals surface area (Å²) in [6.45, 7) is 6.81. The third kappa shape index (κ3) is 3.43. The molecule has 1 heterocycles. The fraction of sp³-hybridized carbons (Fsp3) is 0.125. The van der Waals surface area contributed by atoms with Gasteiger partial charge in [0.1, 0.15) is 0 Å². The maximum atomic E-state index is 3.68. The molecule has 1 N–H and O–H groups in total. The number of para-hydroxylation sites is 1. The van der Waals surface area contributed by atoms with Crippen molar-refractivity contribution in [1.82, 2.24) is 4.57 Å². The molecule has 0 radical (unpaired) electrons. The highest BCUT2D eigenvalue weighted by Gasteiger charge is 2.20. The topological polar surface area (TPSA) is 17.0 Å². The van der Waals surface area contributed by atoms with Crippen LogP contribution in [0.2, 0.25) is 0 Å². The molecule has 0 atom stereocenters. The van der Waals surface area contributed by atoms with Crippen molar-refractivity contribution in [2.24, 2.45) is 0 Å². The molecule has 0 spiro atoms. The van der Waals surface area contributed by atoms with Crippen LogP contribution in [0.3, 0.4) is 0 Å². The smallest absolute Gasteiger partial charge is 0.0517 e. The highest BCUT2D eigenvalue weighted by atomic mass is 15.0. The summed E-state index contributed by atoms with van der Waals surface area (Å²) >= 11 is 0. The molecule has 0 unspecified atom stereocenters. The Morgan fingerprint density at radius 3 is 2.09 bits per heavy atom. The second-order valence-corrected chi connectivity index (χ2v) is 9.99. The van der Waals surface area contributed by atoms with E-state index in [1.807, 2.05) is 0 Å². The first-order valence-corrected chi connectivity index (χ1v) is 11.9. The van der Waals surface area contributed by atoms with Gasteiger partial charge < -0.3 is 9.88 Å². The van der Waals surface area contributed by atoms with Crippen LogP contribution in [-0.2, 0) is 5.54 Å². The molecule has 5 aromatic carbocycles. The highest BCUT2D eigenvalue weighted by molar-refractivity contribution is 6.09. The van der Waals surface area contributed by atoms with Crippen LogP contribution < -0.4 is 5.32 Å². The molecule has 2 heteroatoms. The summed E-state index contributed by atoms with van der Waals surface area (Å²) in [5.74, 6) is 0. The zero-order valence-corrected chi connectivity index (χ0v) is 19.8. The fourth-order valence-electron chi connectivity index (χ4n) is 5.16. The average Bonchev–Trinajstić information content (AvgIpc) is 3.18. The van der Waals surface area contributed by atoms with Gasteiger partial charge in [-0.25, -0.2) is 0 Å². The number of fused-ring (bicyclic) bond motifs is 4. The third-order valence-electron chi connectivity index (χ3n) is 6.60. The van der Waals surface area contributed by atoms with Crippen LogP contribution >= 0.6 is 0 Å². The number of hydrogen-bond acceptors (Lipinski definition) is 1. The predicted molar refractivity (Wildman–Crippen MR) is 147 cm³/mol. The van der Waals surface area contributed by atoms with E-state index in [2.05, 4.69) is 140 Å². The minimum absolute atomic E-state index is 0.0203. The van der Waals surface area contributed by atoms with Gasteiger partial charge in [-0.2, -0.15) is 0 Å². The first-order chi connectivity index (χ1) is 16.5. The van der Waals surface area contributed by atoms with Gasteiger partial charge in [0.25, 0.3) is 0 Å². The Labute approximate surface area is 200 Å². The van der Waals surface area contributed by atoms with Crippen LogP contribution in [0.15, 0.2) is 109 Å². The maximum absolute atomic E-state index is 3.68. The Hall–Kier alpha value is -4.04. The van der Waals surface area contributed by atoms with E-state index in [1.54, 1.807) is 0 Å². The molecule has 0 saturated carbocycles. The molecule has 0 bridgehead atoms. The van der Waals surface area contributed by atoms with Crippen LogP contribution in [0.25, 0.3) is 43.7 Å². The normalized spacial score (nSPS) is 12.0. The summed E-state index contributed by atoms with van der Waals surface area (Å²) in [5.41, 5.74) is 7.19. The van der Waals surface area contributed by atoms with E-state index in [1.165, 1.54) is 43.7 Å². The van der Waals surface area contributed by atoms with E-state index in [0.29, 0.717) is 0 Å². The summed E-state index contributed by atoms with van der Waals surface area (Å²) in [6, 6.07) is 39.2. The van der Waals surface area contributed by atoms with Gasteiger partial charge in [0.05, 0.1) is 5.52 Å². The van der Waals surface area contributed by atoms with E-state index >= 15 is 0 Å². The lowest BCUT2D eigenvalue weighted by atomic mass is 9.98. The fourth-order valence-corrected chi connectivity index (χ4v) is 5.16. The van der Waals surface area contributed by atoms with Crippen LogP contribution in [0.4, 0.5) is 11.4 Å². The molecule has 0 amide bonds. The molecule has 0 aliphatic carbocycles. The highest BCUT2D eigenvalue weighted by Crippen LogP contribution is 2.36. The van der Waals surface area contributed by atoms with Crippen LogP contribution in [0.5, 0.6) is 0 Å². The summed E-state index contributed by atoms with van der Waals surface area (Å²) in [5, 5.41) is 8.77. The lowest BCUT2D eigenvalue weighted by Crippen LogP contribution is -2.21. The summed E-state index contributed by atoms with van der Waals surface area (Å²) in [4.78, 5) is 0. The zero-order chi connectivity index (χ0) is 23.3. The third-order valence-corrected chi connectivity index (χ3v) is 6.60. The molecule has 6 aromatic rings. The van der Waals surface area contributed by atoms with Gasteiger partial charge in [0.15, 0.2) is 0 Å². The van der Waals surface area contributed by atoms with Crippen molar-refractivity contribution < 1.29 is 0 Å². The van der Waals surface area contributed by atoms with Crippen molar-refractivity contribution >= 4 is 44.0 Å². The number of nitrogens with one attached hydrogen (secondary N) is 1. The van der Waals surface area contributed by atoms with Crippen molar-refractivity contribution in [3.63, 3.8) is 0 Å². The first-order valence-electron chi connectivity index (χ1n) is 11.9. The number of rotatable bonds is 3. The lowest BCUT2D eigenvalue weighted by Gasteiger charge is -2.24. The second kappa shape index (κ2) is 7.78. The van der Waals surface area contributed by atoms with E-state index in [-0.39, 0.29) is 5.54 Å². The number of hydrogen-bond donors (Lipinski definition) is 1. The maximum Gasteiger partial charge on any atom is 0.0517 e. The van der Waals surface area contributed by atoms with E-state index < -0.39 is 0 Å². The second-order valence-electron chi connectivity index (χ2n) is 9.99. The van der Waals surface area contributed by atoms with E-state index in [9.17, 15) is 0 Å². The molecule has 0 saturated heterocycles. The van der Waals surface area contributed by atoms with Crippen LogP contribution in [0, 0.1) is 0 Å². The Morgan fingerprint density at radius 2 is 1.26 bits per heavy atom. The zero-order valence-electron chi connectivity index (χ0n) is 19.8. The molecule has 2 nitrogen and oxygen atoms in total. The molecule has 1 aromatic heterocycles. The van der Waals surface area contributed by atoms with Crippen molar-refractivity contribution in [2.75, 3.05) is 5.32 Å². The monoisotopic (exact) mass is 440 g/mol. The largest absolute Gasteiger partial charge is 0.355 e. The van der Waals surface area contributed by atoms with Gasteiger partial charge in [0, 0.05) is 33.2 Å². The van der Waals surface area contributed by atoms with Crippen LogP contribution in [0.1, 0.15) is 20.8 Å². The minimum atomic E-state index is -0.0203. The standard InChI is InChI=1S/C32H28N2/c1-32(2,3)34-30-15-8-7-13-27(30)28-19-18-25(21-31(28)34)33-24-17-16-23-12-9-14-26(29(23)20-24)22-10-5-4-6-11-22/h4-21,33H,1-3H3. The van der Waals surface area contributed by atoms with Crippen molar-refractivity contribution in [2.45, 2.75) is 26.3 Å². The molecular formula is C32H28N2. The number of nitrogens with zero attached hydrogens (tertiary/aromatic N) is 1. The van der Waals surface area contributed by atoms with E-state index in [4.69, 9.17) is 0 Å². The summed E-state index contributed by atoms with van der Waals surface area (Å²) in [7, 11) is 0. The van der Waals surface area contributed by atoms with Gasteiger partial charge in [-0.3, -0.25) is 0 Å². The summed E-state index contributed by atoms with van der Waals surface area (Å²) in [6.07, 6.45) is 0. The molecular weight excluding hydrogens is 412 g/mol. The summed E-state index contributed by atoms with van der Waals surface area (Å²) < 4.78 is 2.46. The van der Waals surface area contributed by atoms with Crippen LogP contribution in [-0.4, -0.2) is 4.57 Å². The van der Waals surface area contributed by atoms with Gasteiger partial charge in [-0.15, -0.1) is 0 Å². The van der Waals surface area contributed by atoms with Gasteiger partial charge >= 0.3 is 0 Å². The quantitative estimate of drug-likeness (QED) is 0.290. The molecule has 34 heavy (non-hydrogen) atoms. The SMILES string of the molecule is CC(C)(C)n1c2ccccc2c2ccc(Nc3ccc4cccc(-c5ccccc5)c4c3)cc21. The van der Waals surface area contributed by atoms with Crippen molar-refractivity contribution in [1.29, 1.82) is 0 Å². The minimum Gasteiger partial charge on any atom is -0.355 e. The molecule has 166 valence electrons. The number of benzene rings is 5. The molecule has 0 aliphatic heterocycles. The van der Waals surface area contributed by atoms with Gasteiger partial charge in [-0.05, 0) is 73.0 Å². The Kier molecular flexibility index (Phi) is 4.70. The average molecular weight is 441 g/mol. The first kappa shape index (κ1) is 20.6. The molecule has 6 rings (SSSR count). The van der Waals surface area contributed by atoms with Gasteiger partial charge in [0.2, 0.25) is 0 Å².